The van der Waals surface area contributed by atoms with Gasteiger partial charge in [0.25, 0.3) is 0 Å². The van der Waals surface area contributed by atoms with Crippen LogP contribution in [0.25, 0.3) is 21.9 Å². The summed E-state index contributed by atoms with van der Waals surface area (Å²) in [7, 11) is 0.552. The molecule has 0 aliphatic heterocycles. The molecule has 0 saturated heterocycles. The van der Waals surface area contributed by atoms with E-state index in [-0.39, 0.29) is 40.9 Å². The lowest BCUT2D eigenvalue weighted by Crippen LogP contribution is -2.45. The van der Waals surface area contributed by atoms with Crippen LogP contribution in [0, 0.1) is 17.8 Å². The number of ether oxygens (including phenoxy) is 1. The number of hydrogen-bond donors (Lipinski definition) is 1. The van der Waals surface area contributed by atoms with Crippen LogP contribution in [0.5, 0.6) is 5.75 Å². The third kappa shape index (κ3) is 3.78. The van der Waals surface area contributed by atoms with Gasteiger partial charge in [-0.25, -0.2) is 18.2 Å². The van der Waals surface area contributed by atoms with E-state index < -0.39 is 10.0 Å². The average molecular weight is 473 g/mol. The summed E-state index contributed by atoms with van der Waals surface area (Å²) in [6.45, 7) is 0. The zero-order valence-corrected chi connectivity index (χ0v) is 19.7. The number of nitrogens with one attached hydrogen (secondary N) is 1. The van der Waals surface area contributed by atoms with Crippen LogP contribution in [0.15, 0.2) is 45.7 Å². The van der Waals surface area contributed by atoms with Crippen LogP contribution in [-0.4, -0.2) is 46.7 Å². The molecule has 5 rings (SSSR count). The molecule has 33 heavy (non-hydrogen) atoms. The first-order chi connectivity index (χ1) is 15.8. The molecule has 8 nitrogen and oxygen atoms in total. The summed E-state index contributed by atoms with van der Waals surface area (Å²) in [4.78, 5) is 17.6. The van der Waals surface area contributed by atoms with E-state index >= 15 is 0 Å². The Bertz CT molecular complexity index is 1320. The number of rotatable bonds is 7. The van der Waals surface area contributed by atoms with Crippen molar-refractivity contribution in [1.29, 1.82) is 0 Å². The van der Waals surface area contributed by atoms with Gasteiger partial charge < -0.3 is 9.15 Å². The molecule has 176 valence electrons. The number of methoxy groups -OCH3 is 1. The normalized spacial score (nSPS) is 24.6. The lowest BCUT2D eigenvalue weighted by Gasteiger charge is -2.32. The lowest BCUT2D eigenvalue weighted by atomic mass is 9.82. The highest BCUT2D eigenvalue weighted by Gasteiger charge is 2.50. The summed E-state index contributed by atoms with van der Waals surface area (Å²) < 4.78 is 41.5. The molecule has 1 aromatic heterocycles. The van der Waals surface area contributed by atoms with Gasteiger partial charge >= 0.3 is 0 Å². The standard InChI is InChI=1S/C24H28N2O6S/c1-26(31-3)23(27)12-17-14-8-9-15(10-14)24(17)25-33(28,29)22-13-20-18(11-21(22)30-2)16-6-4-5-7-19(16)32-20/h4-7,11,13-15,17,24-25H,8-10,12H2,1-3H3/t14-,15+,17+,24+/m0/s1. The maximum Gasteiger partial charge on any atom is 0.246 e. The largest absolute Gasteiger partial charge is 0.495 e. The van der Waals surface area contributed by atoms with Gasteiger partial charge in [0.05, 0.1) is 14.2 Å². The second-order valence-electron chi connectivity index (χ2n) is 9.02. The van der Waals surface area contributed by atoms with Crippen LogP contribution in [-0.2, 0) is 19.7 Å². The van der Waals surface area contributed by atoms with Crippen molar-refractivity contribution in [3.8, 4) is 5.75 Å². The highest BCUT2D eigenvalue weighted by Crippen LogP contribution is 2.50. The fourth-order valence-corrected chi connectivity index (χ4v) is 7.19. The summed E-state index contributed by atoms with van der Waals surface area (Å²) >= 11 is 0. The Labute approximate surface area is 192 Å². The predicted molar refractivity (Wildman–Crippen MR) is 123 cm³/mol. The third-order valence-electron chi connectivity index (χ3n) is 7.37. The van der Waals surface area contributed by atoms with E-state index in [1.54, 1.807) is 13.1 Å². The van der Waals surface area contributed by atoms with Crippen molar-refractivity contribution in [2.75, 3.05) is 21.3 Å². The summed E-state index contributed by atoms with van der Waals surface area (Å²) in [5.74, 6) is 0.592. The van der Waals surface area contributed by atoms with Crippen LogP contribution in [0.3, 0.4) is 0 Å². The maximum atomic E-state index is 13.6. The fraction of sp³-hybridized carbons (Fsp3) is 0.458. The molecule has 2 aliphatic rings. The van der Waals surface area contributed by atoms with Gasteiger partial charge in [0, 0.05) is 36.3 Å². The first kappa shape index (κ1) is 22.2. The molecule has 1 N–H and O–H groups in total. The highest BCUT2D eigenvalue weighted by molar-refractivity contribution is 7.89. The van der Waals surface area contributed by atoms with E-state index in [9.17, 15) is 13.2 Å². The Morgan fingerprint density at radius 3 is 2.64 bits per heavy atom. The summed E-state index contributed by atoms with van der Waals surface area (Å²) in [5.41, 5.74) is 1.17. The number of fused-ring (bicyclic) bond motifs is 5. The molecule has 0 spiro atoms. The van der Waals surface area contributed by atoms with Gasteiger partial charge in [0.15, 0.2) is 0 Å². The van der Waals surface area contributed by atoms with Crippen molar-refractivity contribution in [2.24, 2.45) is 17.8 Å². The lowest BCUT2D eigenvalue weighted by molar-refractivity contribution is -0.170. The number of sulfonamides is 1. The molecule has 0 radical (unpaired) electrons. The molecule has 3 aromatic rings. The Balaban J connectivity index is 1.49. The third-order valence-corrected chi connectivity index (χ3v) is 8.85. The first-order valence-electron chi connectivity index (χ1n) is 11.1. The Kier molecular flexibility index (Phi) is 5.58. The number of hydroxylamine groups is 2. The molecule has 0 unspecified atom stereocenters. The van der Waals surface area contributed by atoms with Crippen LogP contribution in [0.4, 0.5) is 0 Å². The number of furan rings is 1. The van der Waals surface area contributed by atoms with Gasteiger partial charge in [-0.15, -0.1) is 0 Å². The smallest absolute Gasteiger partial charge is 0.246 e. The van der Waals surface area contributed by atoms with E-state index in [0.717, 1.165) is 30.0 Å². The average Bonchev–Trinajstić information content (AvgIpc) is 3.51. The topological polar surface area (TPSA) is 98.1 Å². The first-order valence-corrected chi connectivity index (χ1v) is 12.6. The van der Waals surface area contributed by atoms with E-state index in [4.69, 9.17) is 14.0 Å². The molecular formula is C24H28N2O6S. The van der Waals surface area contributed by atoms with Crippen LogP contribution in [0.2, 0.25) is 0 Å². The summed E-state index contributed by atoms with van der Waals surface area (Å²) in [5, 5.41) is 2.90. The van der Waals surface area contributed by atoms with E-state index in [1.165, 1.54) is 25.3 Å². The van der Waals surface area contributed by atoms with Gasteiger partial charge in [-0.3, -0.25) is 9.63 Å². The molecular weight excluding hydrogens is 444 g/mol. The number of carbonyl (C=O) groups excluding carboxylic acids is 1. The second kappa shape index (κ2) is 8.30. The Morgan fingerprint density at radius 2 is 1.88 bits per heavy atom. The zero-order valence-electron chi connectivity index (χ0n) is 18.9. The monoisotopic (exact) mass is 472 g/mol. The van der Waals surface area contributed by atoms with Gasteiger partial charge in [-0.05, 0) is 49.1 Å². The zero-order chi connectivity index (χ0) is 23.3. The molecule has 2 saturated carbocycles. The van der Waals surface area contributed by atoms with Crippen molar-refractivity contribution in [2.45, 2.75) is 36.6 Å². The molecule has 4 atom stereocenters. The van der Waals surface area contributed by atoms with Crippen LogP contribution < -0.4 is 9.46 Å². The minimum atomic E-state index is -3.92. The number of hydrogen-bond acceptors (Lipinski definition) is 6. The van der Waals surface area contributed by atoms with Gasteiger partial charge in [-0.2, -0.15) is 0 Å². The van der Waals surface area contributed by atoms with E-state index in [0.29, 0.717) is 17.1 Å². The van der Waals surface area contributed by atoms with Gasteiger partial charge in [0.1, 0.15) is 21.8 Å². The molecule has 2 aliphatic carbocycles. The van der Waals surface area contributed by atoms with Crippen molar-refractivity contribution in [1.82, 2.24) is 9.79 Å². The molecule has 9 heteroatoms. The fourth-order valence-electron chi connectivity index (χ4n) is 5.66. The van der Waals surface area contributed by atoms with Gasteiger partial charge in [0.2, 0.25) is 15.9 Å². The Hall–Kier alpha value is -2.62. The maximum absolute atomic E-state index is 13.6. The van der Waals surface area contributed by atoms with Gasteiger partial charge in [-0.1, -0.05) is 18.2 Å². The minimum absolute atomic E-state index is 0.0402. The summed E-state index contributed by atoms with van der Waals surface area (Å²) in [6.07, 6.45) is 3.16. The Morgan fingerprint density at radius 1 is 1.12 bits per heavy atom. The number of amides is 1. The number of para-hydroxylation sites is 1. The molecule has 2 aromatic carbocycles. The number of carbonyl (C=O) groups is 1. The molecule has 1 heterocycles. The molecule has 2 bridgehead atoms. The predicted octanol–water partition coefficient (Wildman–Crippen LogP) is 3.70. The quantitative estimate of drug-likeness (QED) is 0.527. The van der Waals surface area contributed by atoms with Crippen molar-refractivity contribution < 1.29 is 27.2 Å². The molecule has 1 amide bonds. The second-order valence-corrected chi connectivity index (χ2v) is 10.7. The van der Waals surface area contributed by atoms with Crippen molar-refractivity contribution in [3.63, 3.8) is 0 Å². The van der Waals surface area contributed by atoms with Crippen molar-refractivity contribution >= 4 is 37.9 Å². The molecule has 2 fully saturated rings. The SMILES string of the molecule is COc1cc2c(cc1S(=O)(=O)N[C@@H]1[C@@H]3CC[C@@H](C3)[C@H]1CC(=O)N(C)OC)oc1ccccc12. The van der Waals surface area contributed by atoms with E-state index in [1.807, 2.05) is 24.3 Å². The van der Waals surface area contributed by atoms with E-state index in [2.05, 4.69) is 4.72 Å². The van der Waals surface area contributed by atoms with Crippen molar-refractivity contribution in [3.05, 3.63) is 36.4 Å². The minimum Gasteiger partial charge on any atom is -0.495 e. The number of benzene rings is 2. The van der Waals surface area contributed by atoms with Crippen LogP contribution >= 0.6 is 0 Å². The highest BCUT2D eigenvalue weighted by atomic mass is 32.2. The van der Waals surface area contributed by atoms with Crippen LogP contribution in [0.1, 0.15) is 25.7 Å². The summed E-state index contributed by atoms with van der Waals surface area (Å²) in [6, 6.07) is 10.5. The number of nitrogens with zero attached hydrogens (tertiary/aromatic N) is 1.